The minimum Gasteiger partial charge on any atom is -0.507 e. The molecule has 8 heteroatoms. The van der Waals surface area contributed by atoms with E-state index in [4.69, 9.17) is 9.47 Å². The molecule has 8 nitrogen and oxygen atoms in total. The molecule has 0 radical (unpaired) electrons. The van der Waals surface area contributed by atoms with Crippen molar-refractivity contribution in [3.05, 3.63) is 88.8 Å². The fourth-order valence-electron chi connectivity index (χ4n) is 4.49. The number of ether oxygens (including phenoxy) is 2. The Bertz CT molecular complexity index is 1350. The van der Waals surface area contributed by atoms with E-state index in [1.165, 1.54) is 11.0 Å². The number of amides is 1. The number of unbranched alkanes of at least 4 members (excludes halogenated alkanes) is 1. The first-order valence-corrected chi connectivity index (χ1v) is 12.7. The number of benzene rings is 2. The molecule has 3 aromatic rings. The summed E-state index contributed by atoms with van der Waals surface area (Å²) in [5.41, 5.74) is 2.42. The number of pyridine rings is 1. The number of Topliss-reactive ketones (excluding diaryl/α,β-unsaturated/α-hetero) is 1. The third-order valence-corrected chi connectivity index (χ3v) is 6.42. The van der Waals surface area contributed by atoms with Crippen molar-refractivity contribution in [3.8, 4) is 17.2 Å². The Hall–Kier alpha value is -4.33. The summed E-state index contributed by atoms with van der Waals surface area (Å²) < 4.78 is 11.4. The van der Waals surface area contributed by atoms with Gasteiger partial charge in [-0.25, -0.2) is 0 Å². The van der Waals surface area contributed by atoms with Crippen LogP contribution in [0.1, 0.15) is 55.0 Å². The van der Waals surface area contributed by atoms with Gasteiger partial charge in [-0.15, -0.1) is 0 Å². The number of aliphatic hydroxyl groups excluding tert-OH is 1. The fourth-order valence-corrected chi connectivity index (χ4v) is 4.49. The van der Waals surface area contributed by atoms with Crippen molar-refractivity contribution in [2.75, 3.05) is 13.2 Å². The predicted octanol–water partition coefficient (Wildman–Crippen LogP) is 5.30. The average molecular weight is 517 g/mol. The second-order valence-corrected chi connectivity index (χ2v) is 9.13. The molecule has 0 saturated carbocycles. The van der Waals surface area contributed by atoms with Crippen molar-refractivity contribution in [2.45, 2.75) is 46.2 Å². The molecule has 198 valence electrons. The lowest BCUT2D eigenvalue weighted by molar-refractivity contribution is -0.140. The molecule has 38 heavy (non-hydrogen) atoms. The number of rotatable bonds is 10. The SMILES string of the molecule is CCCCOc1ccc(C(O)=C2C(=O)C(=O)N(Cc3cccnc3)[C@@H]2c2ccc(O)c(OCC)c2)cc1C. The summed E-state index contributed by atoms with van der Waals surface area (Å²) >= 11 is 0. The number of aryl methyl sites for hydroxylation is 1. The van der Waals surface area contributed by atoms with Crippen LogP contribution in [0.4, 0.5) is 0 Å². The maximum Gasteiger partial charge on any atom is 0.295 e. The van der Waals surface area contributed by atoms with Crippen LogP contribution in [0.2, 0.25) is 0 Å². The van der Waals surface area contributed by atoms with Crippen molar-refractivity contribution in [3.63, 3.8) is 0 Å². The molecular formula is C30H32N2O6. The molecular weight excluding hydrogens is 484 g/mol. The predicted molar refractivity (Wildman–Crippen MR) is 143 cm³/mol. The highest BCUT2D eigenvalue weighted by atomic mass is 16.5. The Kier molecular flexibility index (Phi) is 8.31. The van der Waals surface area contributed by atoms with Crippen LogP contribution in [0.5, 0.6) is 17.2 Å². The number of aromatic hydroxyl groups is 1. The molecule has 0 bridgehead atoms. The van der Waals surface area contributed by atoms with Gasteiger partial charge in [-0.1, -0.05) is 25.5 Å². The maximum absolute atomic E-state index is 13.4. The van der Waals surface area contributed by atoms with Crippen LogP contribution in [0.3, 0.4) is 0 Å². The molecule has 1 aliphatic heterocycles. The van der Waals surface area contributed by atoms with Gasteiger partial charge in [0.05, 0.1) is 24.8 Å². The molecule has 2 aromatic carbocycles. The molecule has 2 N–H and O–H groups in total. The fraction of sp³-hybridized carbons (Fsp3) is 0.300. The summed E-state index contributed by atoms with van der Waals surface area (Å²) in [6, 6.07) is 12.5. The summed E-state index contributed by atoms with van der Waals surface area (Å²) in [5, 5.41) is 21.7. The maximum atomic E-state index is 13.4. The number of hydrogen-bond acceptors (Lipinski definition) is 7. The van der Waals surface area contributed by atoms with Crippen molar-refractivity contribution in [1.29, 1.82) is 0 Å². The zero-order valence-electron chi connectivity index (χ0n) is 21.8. The summed E-state index contributed by atoms with van der Waals surface area (Å²) in [5.74, 6) is -0.943. The number of aliphatic hydroxyl groups is 1. The van der Waals surface area contributed by atoms with Crippen molar-refractivity contribution >= 4 is 17.4 Å². The van der Waals surface area contributed by atoms with E-state index in [9.17, 15) is 19.8 Å². The normalized spacial score (nSPS) is 16.6. The number of carbonyl (C=O) groups is 2. The Morgan fingerprint density at radius 1 is 1.05 bits per heavy atom. The van der Waals surface area contributed by atoms with Gasteiger partial charge in [0.25, 0.3) is 11.7 Å². The molecule has 1 fully saturated rings. The second-order valence-electron chi connectivity index (χ2n) is 9.13. The van der Waals surface area contributed by atoms with E-state index in [1.807, 2.05) is 13.0 Å². The molecule has 4 rings (SSSR count). The lowest BCUT2D eigenvalue weighted by atomic mass is 9.94. The van der Waals surface area contributed by atoms with Crippen LogP contribution < -0.4 is 9.47 Å². The van der Waals surface area contributed by atoms with Crippen molar-refractivity contribution in [2.24, 2.45) is 0 Å². The molecule has 0 spiro atoms. The van der Waals surface area contributed by atoms with E-state index in [0.29, 0.717) is 30.1 Å². The van der Waals surface area contributed by atoms with Gasteiger partial charge in [0.1, 0.15) is 11.5 Å². The summed E-state index contributed by atoms with van der Waals surface area (Å²) in [7, 11) is 0. The van der Waals surface area contributed by atoms with E-state index in [2.05, 4.69) is 11.9 Å². The standard InChI is InChI=1S/C30H32N2O6/c1-4-6-14-38-24-12-10-22(15-19(24)3)28(34)26-27(21-9-11-23(33)25(16-21)37-5-2)32(30(36)29(26)35)18-20-8-7-13-31-17-20/h7-13,15-17,27,33-34H,4-6,14,18H2,1-3H3/t27-/m1/s1. The molecule has 0 aliphatic carbocycles. The number of ketones is 1. The first-order valence-electron chi connectivity index (χ1n) is 12.7. The zero-order chi connectivity index (χ0) is 27.2. The highest BCUT2D eigenvalue weighted by Gasteiger charge is 2.46. The number of carbonyl (C=O) groups excluding carboxylic acids is 2. The molecule has 2 heterocycles. The van der Waals surface area contributed by atoms with Gasteiger partial charge in [-0.2, -0.15) is 0 Å². The topological polar surface area (TPSA) is 109 Å². The van der Waals surface area contributed by atoms with Gasteiger partial charge >= 0.3 is 0 Å². The number of phenols is 1. The van der Waals surface area contributed by atoms with E-state index in [0.717, 1.165) is 24.0 Å². The van der Waals surface area contributed by atoms with Crippen LogP contribution in [0, 0.1) is 6.92 Å². The van der Waals surface area contributed by atoms with Gasteiger partial charge < -0.3 is 24.6 Å². The minimum absolute atomic E-state index is 0.0360. The van der Waals surface area contributed by atoms with Crippen LogP contribution in [-0.2, 0) is 16.1 Å². The quantitative estimate of drug-likeness (QED) is 0.163. The summed E-state index contributed by atoms with van der Waals surface area (Å²) in [4.78, 5) is 32.2. The molecule has 1 atom stereocenters. The van der Waals surface area contributed by atoms with Crippen molar-refractivity contribution < 1.29 is 29.3 Å². The van der Waals surface area contributed by atoms with E-state index < -0.39 is 17.7 Å². The summed E-state index contributed by atoms with van der Waals surface area (Å²) in [6.07, 6.45) is 5.19. The van der Waals surface area contributed by atoms with Gasteiger partial charge in [-0.05, 0) is 73.4 Å². The first-order chi connectivity index (χ1) is 18.3. The van der Waals surface area contributed by atoms with Crippen LogP contribution in [0.25, 0.3) is 5.76 Å². The van der Waals surface area contributed by atoms with Gasteiger partial charge in [0.2, 0.25) is 0 Å². The number of likely N-dealkylation sites (tertiary alicyclic amines) is 1. The Balaban J connectivity index is 1.81. The number of phenolic OH excluding ortho intramolecular Hbond substituents is 1. The van der Waals surface area contributed by atoms with Crippen LogP contribution >= 0.6 is 0 Å². The first kappa shape index (κ1) is 26.7. The highest BCUT2D eigenvalue weighted by molar-refractivity contribution is 6.46. The monoisotopic (exact) mass is 516 g/mol. The molecule has 1 aromatic heterocycles. The largest absolute Gasteiger partial charge is 0.507 e. The van der Waals surface area contributed by atoms with Crippen LogP contribution in [-0.4, -0.2) is 45.0 Å². The average Bonchev–Trinajstić information content (AvgIpc) is 3.16. The Morgan fingerprint density at radius 3 is 2.55 bits per heavy atom. The lowest BCUT2D eigenvalue weighted by Crippen LogP contribution is -2.29. The molecule has 1 amide bonds. The molecule has 0 unspecified atom stereocenters. The van der Waals surface area contributed by atoms with E-state index >= 15 is 0 Å². The Morgan fingerprint density at radius 2 is 1.87 bits per heavy atom. The van der Waals surface area contributed by atoms with Gasteiger partial charge in [0.15, 0.2) is 11.5 Å². The van der Waals surface area contributed by atoms with Gasteiger partial charge in [-0.3, -0.25) is 14.6 Å². The number of nitrogens with zero attached hydrogens (tertiary/aromatic N) is 2. The summed E-state index contributed by atoms with van der Waals surface area (Å²) in [6.45, 7) is 6.75. The molecule has 1 saturated heterocycles. The van der Waals surface area contributed by atoms with Crippen molar-refractivity contribution in [1.82, 2.24) is 9.88 Å². The Labute approximate surface area is 222 Å². The highest BCUT2D eigenvalue weighted by Crippen LogP contribution is 2.42. The third kappa shape index (κ3) is 5.49. The number of hydrogen-bond donors (Lipinski definition) is 2. The van der Waals surface area contributed by atoms with Gasteiger partial charge in [0, 0.05) is 24.5 Å². The number of aromatic nitrogens is 1. The second kappa shape index (κ2) is 11.8. The minimum atomic E-state index is -0.907. The van der Waals surface area contributed by atoms with E-state index in [-0.39, 0.29) is 29.4 Å². The smallest absolute Gasteiger partial charge is 0.295 e. The molecule has 1 aliphatic rings. The van der Waals surface area contributed by atoms with E-state index in [1.54, 1.807) is 55.7 Å². The lowest BCUT2D eigenvalue weighted by Gasteiger charge is -2.26. The van der Waals surface area contributed by atoms with Crippen LogP contribution in [0.15, 0.2) is 66.5 Å². The zero-order valence-corrected chi connectivity index (χ0v) is 21.8. The third-order valence-electron chi connectivity index (χ3n) is 6.42.